The third-order valence-corrected chi connectivity index (χ3v) is 10.3. The lowest BCUT2D eigenvalue weighted by atomic mass is 9.88. The predicted molar refractivity (Wildman–Crippen MR) is 223 cm³/mol. The fourth-order valence-electron chi connectivity index (χ4n) is 7.60. The summed E-state index contributed by atoms with van der Waals surface area (Å²) < 4.78 is 0. The Balaban J connectivity index is 1.23. The monoisotopic (exact) mass is 688 g/mol. The molecule has 3 heterocycles. The minimum atomic E-state index is 0.835. The van der Waals surface area contributed by atoms with Crippen LogP contribution in [0.25, 0.3) is 99.6 Å². The Bertz CT molecular complexity index is 2740. The van der Waals surface area contributed by atoms with E-state index < -0.39 is 0 Å². The molecule has 0 amide bonds. The van der Waals surface area contributed by atoms with E-state index in [0.29, 0.717) is 0 Å². The van der Waals surface area contributed by atoms with Gasteiger partial charge in [0.05, 0.1) is 22.4 Å². The van der Waals surface area contributed by atoms with Crippen molar-refractivity contribution in [1.29, 1.82) is 0 Å². The van der Waals surface area contributed by atoms with E-state index in [1.807, 2.05) is 49.1 Å². The standard InChI is InChI=1S/C50H32N4/c1-3-11-41-37(7-1)9-5-13-43(41)45-31-47-48(32-46(45)44-14-6-10-38-8-2-4-12-42(38)44)54-50(40-21-17-34(18-22-40)36-25-29-52-30-26-36)49(53-47)39-19-15-33(16-20-39)35-23-27-51-28-24-35/h1-32H. The maximum atomic E-state index is 5.49. The average Bonchev–Trinajstić information content (AvgIpc) is 3.26. The van der Waals surface area contributed by atoms with Gasteiger partial charge in [-0.3, -0.25) is 9.97 Å². The highest BCUT2D eigenvalue weighted by molar-refractivity contribution is 6.08. The second-order valence-corrected chi connectivity index (χ2v) is 13.5. The summed E-state index contributed by atoms with van der Waals surface area (Å²) in [7, 11) is 0. The lowest BCUT2D eigenvalue weighted by molar-refractivity contribution is 1.29. The van der Waals surface area contributed by atoms with E-state index in [-0.39, 0.29) is 0 Å². The number of rotatable bonds is 6. The van der Waals surface area contributed by atoms with Crippen molar-refractivity contribution in [3.05, 3.63) is 195 Å². The van der Waals surface area contributed by atoms with Gasteiger partial charge in [-0.1, -0.05) is 133 Å². The van der Waals surface area contributed by atoms with Crippen molar-refractivity contribution >= 4 is 32.6 Å². The Morgan fingerprint density at radius 2 is 0.630 bits per heavy atom. The highest BCUT2D eigenvalue weighted by Gasteiger charge is 2.19. The van der Waals surface area contributed by atoms with E-state index in [9.17, 15) is 0 Å². The largest absolute Gasteiger partial charge is 0.265 e. The summed E-state index contributed by atoms with van der Waals surface area (Å²) in [6.07, 6.45) is 7.30. The summed E-state index contributed by atoms with van der Waals surface area (Å²) >= 11 is 0. The molecule has 7 aromatic carbocycles. The SMILES string of the molecule is c1ccc2c(-c3cc4nc(-c5ccc(-c6ccncc6)cc5)c(-c5ccc(-c6ccncc6)cc5)nc4cc3-c3cccc4ccccc34)cccc2c1. The van der Waals surface area contributed by atoms with Gasteiger partial charge in [0.15, 0.2) is 0 Å². The van der Waals surface area contributed by atoms with Gasteiger partial charge in [-0.25, -0.2) is 9.97 Å². The summed E-state index contributed by atoms with van der Waals surface area (Å²) in [4.78, 5) is 19.4. The van der Waals surface area contributed by atoms with E-state index in [1.165, 1.54) is 32.7 Å². The predicted octanol–water partition coefficient (Wildman–Crippen LogP) is 12.7. The average molecular weight is 689 g/mol. The molecule has 252 valence electrons. The Labute approximate surface area is 313 Å². The van der Waals surface area contributed by atoms with E-state index >= 15 is 0 Å². The van der Waals surface area contributed by atoms with Crippen LogP contribution >= 0.6 is 0 Å². The first-order valence-corrected chi connectivity index (χ1v) is 18.1. The molecule has 10 aromatic rings. The smallest absolute Gasteiger partial charge is 0.0973 e. The number of hydrogen-bond donors (Lipinski definition) is 0. The first-order chi connectivity index (χ1) is 26.8. The summed E-state index contributed by atoms with van der Waals surface area (Å²) in [5.41, 5.74) is 14.4. The second kappa shape index (κ2) is 13.4. The van der Waals surface area contributed by atoms with Gasteiger partial charge in [0.2, 0.25) is 0 Å². The zero-order chi connectivity index (χ0) is 35.8. The topological polar surface area (TPSA) is 51.6 Å². The van der Waals surface area contributed by atoms with Crippen LogP contribution in [0.2, 0.25) is 0 Å². The van der Waals surface area contributed by atoms with Crippen LogP contribution in [0.1, 0.15) is 0 Å². The van der Waals surface area contributed by atoms with Crippen molar-refractivity contribution in [3.8, 4) is 67.0 Å². The third-order valence-electron chi connectivity index (χ3n) is 10.3. The number of aromatic nitrogens is 4. The number of fused-ring (bicyclic) bond motifs is 3. The molecule has 54 heavy (non-hydrogen) atoms. The van der Waals surface area contributed by atoms with Crippen LogP contribution < -0.4 is 0 Å². The normalized spacial score (nSPS) is 11.3. The summed E-state index contributed by atoms with van der Waals surface area (Å²) in [5.74, 6) is 0. The minimum absolute atomic E-state index is 0.835. The van der Waals surface area contributed by atoms with Crippen LogP contribution in [0, 0.1) is 0 Å². The third kappa shape index (κ3) is 5.67. The number of nitrogens with zero attached hydrogens (tertiary/aromatic N) is 4. The fourth-order valence-corrected chi connectivity index (χ4v) is 7.60. The molecule has 10 rings (SSSR count). The number of pyridine rings is 2. The number of benzene rings is 7. The molecule has 0 atom stereocenters. The summed E-state index contributed by atoms with van der Waals surface area (Å²) in [6, 6.07) is 60.1. The zero-order valence-electron chi connectivity index (χ0n) is 29.3. The van der Waals surface area contributed by atoms with Crippen molar-refractivity contribution in [1.82, 2.24) is 19.9 Å². The molecule has 0 saturated carbocycles. The quantitative estimate of drug-likeness (QED) is 0.174. The molecule has 0 unspecified atom stereocenters. The highest BCUT2D eigenvalue weighted by atomic mass is 14.8. The molecular weight excluding hydrogens is 657 g/mol. The molecule has 4 nitrogen and oxygen atoms in total. The van der Waals surface area contributed by atoms with E-state index in [4.69, 9.17) is 9.97 Å². The van der Waals surface area contributed by atoms with E-state index in [1.54, 1.807) is 0 Å². The lowest BCUT2D eigenvalue weighted by Crippen LogP contribution is -1.98. The fraction of sp³-hybridized carbons (Fsp3) is 0. The van der Waals surface area contributed by atoms with Gasteiger partial charge < -0.3 is 0 Å². The molecule has 3 aromatic heterocycles. The zero-order valence-corrected chi connectivity index (χ0v) is 29.3. The molecule has 0 saturated heterocycles. The first kappa shape index (κ1) is 31.4. The van der Waals surface area contributed by atoms with Gasteiger partial charge >= 0.3 is 0 Å². The van der Waals surface area contributed by atoms with Gasteiger partial charge in [0, 0.05) is 35.9 Å². The molecule has 0 N–H and O–H groups in total. The van der Waals surface area contributed by atoms with Crippen molar-refractivity contribution < 1.29 is 0 Å². The van der Waals surface area contributed by atoms with Crippen LogP contribution in [0.15, 0.2) is 195 Å². The summed E-state index contributed by atoms with van der Waals surface area (Å²) in [5, 5.41) is 4.80. The second-order valence-electron chi connectivity index (χ2n) is 13.5. The van der Waals surface area contributed by atoms with Gasteiger partial charge in [-0.05, 0) is 102 Å². The molecular formula is C50H32N4. The number of hydrogen-bond acceptors (Lipinski definition) is 4. The van der Waals surface area contributed by atoms with Gasteiger partial charge in [-0.2, -0.15) is 0 Å². The van der Waals surface area contributed by atoms with Gasteiger partial charge in [0.1, 0.15) is 0 Å². The van der Waals surface area contributed by atoms with Crippen molar-refractivity contribution in [2.75, 3.05) is 0 Å². The van der Waals surface area contributed by atoms with Gasteiger partial charge in [-0.15, -0.1) is 0 Å². The molecule has 0 bridgehead atoms. The Morgan fingerprint density at radius 3 is 1.06 bits per heavy atom. The van der Waals surface area contributed by atoms with Crippen LogP contribution in [0.3, 0.4) is 0 Å². The molecule has 0 spiro atoms. The van der Waals surface area contributed by atoms with Crippen molar-refractivity contribution in [2.24, 2.45) is 0 Å². The van der Waals surface area contributed by atoms with Crippen molar-refractivity contribution in [2.45, 2.75) is 0 Å². The van der Waals surface area contributed by atoms with Crippen molar-refractivity contribution in [3.63, 3.8) is 0 Å². The van der Waals surface area contributed by atoms with Gasteiger partial charge in [0.25, 0.3) is 0 Å². The van der Waals surface area contributed by atoms with Crippen LogP contribution in [0.5, 0.6) is 0 Å². The Morgan fingerprint density at radius 1 is 0.278 bits per heavy atom. The molecule has 0 aliphatic heterocycles. The molecule has 0 fully saturated rings. The van der Waals surface area contributed by atoms with Crippen LogP contribution in [-0.4, -0.2) is 19.9 Å². The van der Waals surface area contributed by atoms with E-state index in [2.05, 4.69) is 156 Å². The van der Waals surface area contributed by atoms with Crippen LogP contribution in [0.4, 0.5) is 0 Å². The summed E-state index contributed by atoms with van der Waals surface area (Å²) in [6.45, 7) is 0. The minimum Gasteiger partial charge on any atom is -0.265 e. The Kier molecular flexibility index (Phi) is 7.77. The van der Waals surface area contributed by atoms with Crippen LogP contribution in [-0.2, 0) is 0 Å². The van der Waals surface area contributed by atoms with E-state index in [0.717, 1.165) is 66.9 Å². The highest BCUT2D eigenvalue weighted by Crippen LogP contribution is 2.42. The maximum Gasteiger partial charge on any atom is 0.0973 e. The molecule has 4 heteroatoms. The maximum absolute atomic E-state index is 5.49. The Hall–Kier alpha value is -7.30. The molecule has 0 aliphatic carbocycles. The molecule has 0 aliphatic rings. The molecule has 0 radical (unpaired) electrons. The lowest BCUT2D eigenvalue weighted by Gasteiger charge is -2.17. The first-order valence-electron chi connectivity index (χ1n) is 18.1.